The van der Waals surface area contributed by atoms with Gasteiger partial charge in [0, 0.05) is 35.2 Å². The fourth-order valence-electron chi connectivity index (χ4n) is 7.06. The Balaban J connectivity index is 1.41. The number of carbonyl (C=O) groups is 2. The van der Waals surface area contributed by atoms with Gasteiger partial charge in [-0.2, -0.15) is 0 Å². The van der Waals surface area contributed by atoms with Crippen molar-refractivity contribution in [2.45, 2.75) is 64.1 Å². The Kier molecular flexibility index (Phi) is 10.3. The van der Waals surface area contributed by atoms with Gasteiger partial charge in [0.15, 0.2) is 6.61 Å². The van der Waals surface area contributed by atoms with Gasteiger partial charge in [0.1, 0.15) is 5.75 Å². The van der Waals surface area contributed by atoms with E-state index in [1.807, 2.05) is 54.6 Å². The van der Waals surface area contributed by atoms with Crippen LogP contribution in [0.4, 0.5) is 0 Å². The third-order valence-electron chi connectivity index (χ3n) is 9.48. The van der Waals surface area contributed by atoms with Gasteiger partial charge in [-0.15, -0.1) is 0 Å². The number of hydrogen-bond donors (Lipinski definition) is 2. The fraction of sp³-hybridized carbons (Fsp3) is 0.395. The lowest BCUT2D eigenvalue weighted by molar-refractivity contribution is -0.119. The Labute approximate surface area is 271 Å². The summed E-state index contributed by atoms with van der Waals surface area (Å²) in [6.45, 7) is 6.88. The first-order valence-corrected chi connectivity index (χ1v) is 16.8. The third kappa shape index (κ3) is 7.40. The van der Waals surface area contributed by atoms with E-state index in [0.717, 1.165) is 60.1 Å². The number of hydrogen-bond acceptors (Lipinski definition) is 6. The van der Waals surface area contributed by atoms with Crippen molar-refractivity contribution in [3.8, 4) is 17.0 Å². The molecular formula is C38H45N5O3. The van der Waals surface area contributed by atoms with Crippen molar-refractivity contribution in [3.63, 3.8) is 0 Å². The zero-order valence-electron chi connectivity index (χ0n) is 26.8. The largest absolute Gasteiger partial charge is 0.484 e. The van der Waals surface area contributed by atoms with E-state index in [2.05, 4.69) is 34.2 Å². The van der Waals surface area contributed by atoms with Crippen LogP contribution in [0.3, 0.4) is 0 Å². The molecule has 2 saturated heterocycles. The fourth-order valence-corrected chi connectivity index (χ4v) is 7.06. The Morgan fingerprint density at radius 3 is 2.30 bits per heavy atom. The molecule has 2 fully saturated rings. The lowest BCUT2D eigenvalue weighted by Gasteiger charge is -2.40. The number of amides is 2. The van der Waals surface area contributed by atoms with Crippen molar-refractivity contribution in [2.24, 2.45) is 5.73 Å². The molecule has 2 aliphatic rings. The minimum atomic E-state index is -0.552. The highest BCUT2D eigenvalue weighted by atomic mass is 16.5. The number of ether oxygens (including phenoxy) is 1. The summed E-state index contributed by atoms with van der Waals surface area (Å²) in [6, 6.07) is 26.2. The minimum absolute atomic E-state index is 0.121. The first-order valence-electron chi connectivity index (χ1n) is 16.8. The molecule has 2 aliphatic heterocycles. The molecule has 1 unspecified atom stereocenters. The van der Waals surface area contributed by atoms with E-state index >= 15 is 0 Å². The number of carbonyl (C=O) groups excluding carboxylic acids is 2. The molecule has 0 spiro atoms. The van der Waals surface area contributed by atoms with E-state index in [0.29, 0.717) is 29.4 Å². The zero-order chi connectivity index (χ0) is 31.9. The number of likely N-dealkylation sites (tertiary alicyclic amines) is 2. The smallest absolute Gasteiger partial charge is 0.255 e. The maximum absolute atomic E-state index is 14.5. The van der Waals surface area contributed by atoms with Crippen LogP contribution in [0.25, 0.3) is 22.2 Å². The second-order valence-electron chi connectivity index (χ2n) is 12.6. The van der Waals surface area contributed by atoms with E-state index in [1.54, 1.807) is 12.1 Å². The number of piperidine rings is 2. The molecule has 0 saturated carbocycles. The van der Waals surface area contributed by atoms with Gasteiger partial charge in [-0.1, -0.05) is 74.0 Å². The standard InChI is InChI=1S/C38H45N5O3/c1-2-33(27-12-6-3-7-13-27)41-38(45)36-31-17-16-30(46-26-35(39)44)24-34(31)40-37(28-14-8-4-9-15-28)32(36)25-42-22-18-29(19-23-42)43-20-10-5-11-21-43/h3-4,6-9,12-17,24,29,33H,2,5,10-11,18-23,25-26H2,1H3,(H2,39,44)(H,41,45). The molecule has 1 aromatic heterocycles. The van der Waals surface area contributed by atoms with E-state index in [1.165, 1.54) is 32.4 Å². The molecule has 0 bridgehead atoms. The molecule has 8 heteroatoms. The second-order valence-corrected chi connectivity index (χ2v) is 12.6. The van der Waals surface area contributed by atoms with Crippen molar-refractivity contribution < 1.29 is 14.3 Å². The number of nitrogens with zero attached hydrogens (tertiary/aromatic N) is 3. The molecule has 1 atom stereocenters. The van der Waals surface area contributed by atoms with Gasteiger partial charge in [0.2, 0.25) is 0 Å². The molecule has 46 heavy (non-hydrogen) atoms. The zero-order valence-corrected chi connectivity index (χ0v) is 26.8. The van der Waals surface area contributed by atoms with E-state index < -0.39 is 5.91 Å². The Morgan fingerprint density at radius 1 is 0.935 bits per heavy atom. The number of rotatable bonds is 11. The maximum Gasteiger partial charge on any atom is 0.255 e. The molecular weight excluding hydrogens is 574 g/mol. The summed E-state index contributed by atoms with van der Waals surface area (Å²) in [7, 11) is 0. The molecule has 0 radical (unpaired) electrons. The van der Waals surface area contributed by atoms with Crippen LogP contribution in [0.5, 0.6) is 5.75 Å². The topological polar surface area (TPSA) is 101 Å². The SMILES string of the molecule is CCC(NC(=O)c1c(CN2CCC(N3CCCCC3)CC2)c(-c2ccccc2)nc2cc(OCC(N)=O)ccc12)c1ccccc1. The lowest BCUT2D eigenvalue weighted by atomic mass is 9.93. The molecule has 3 aromatic carbocycles. The second kappa shape index (κ2) is 14.9. The average molecular weight is 620 g/mol. The first kappa shape index (κ1) is 31.7. The average Bonchev–Trinajstić information content (AvgIpc) is 3.10. The molecule has 4 aromatic rings. The highest BCUT2D eigenvalue weighted by Gasteiger charge is 2.29. The number of nitrogens with one attached hydrogen (secondary N) is 1. The highest BCUT2D eigenvalue weighted by molar-refractivity contribution is 6.09. The summed E-state index contributed by atoms with van der Waals surface area (Å²) >= 11 is 0. The molecule has 3 N–H and O–H groups in total. The van der Waals surface area contributed by atoms with E-state index in [-0.39, 0.29) is 18.6 Å². The van der Waals surface area contributed by atoms with Crippen molar-refractivity contribution in [2.75, 3.05) is 32.8 Å². The predicted octanol–water partition coefficient (Wildman–Crippen LogP) is 6.10. The summed E-state index contributed by atoms with van der Waals surface area (Å²) < 4.78 is 5.65. The minimum Gasteiger partial charge on any atom is -0.484 e. The number of fused-ring (bicyclic) bond motifs is 1. The van der Waals surface area contributed by atoms with Crippen LogP contribution >= 0.6 is 0 Å². The number of primary amides is 1. The first-order chi connectivity index (χ1) is 22.5. The number of aromatic nitrogens is 1. The van der Waals surface area contributed by atoms with Crippen LogP contribution in [-0.2, 0) is 11.3 Å². The molecule has 240 valence electrons. The Morgan fingerprint density at radius 2 is 1.63 bits per heavy atom. The van der Waals surface area contributed by atoms with E-state index in [9.17, 15) is 9.59 Å². The van der Waals surface area contributed by atoms with Gasteiger partial charge in [0.05, 0.1) is 22.8 Å². The summed E-state index contributed by atoms with van der Waals surface area (Å²) in [5, 5.41) is 4.12. The van der Waals surface area contributed by atoms with Crippen LogP contribution in [0.1, 0.15) is 73.0 Å². The highest BCUT2D eigenvalue weighted by Crippen LogP contribution is 2.34. The molecule has 2 amide bonds. The van der Waals surface area contributed by atoms with Gasteiger partial charge >= 0.3 is 0 Å². The molecule has 0 aliphatic carbocycles. The Bertz CT molecular complexity index is 1630. The molecule has 3 heterocycles. The quantitative estimate of drug-likeness (QED) is 0.211. The number of pyridine rings is 1. The van der Waals surface area contributed by atoms with Crippen molar-refractivity contribution >= 4 is 22.7 Å². The normalized spacial score (nSPS) is 17.1. The van der Waals surface area contributed by atoms with Crippen LogP contribution in [0, 0.1) is 0 Å². The predicted molar refractivity (Wildman–Crippen MR) is 183 cm³/mol. The van der Waals surface area contributed by atoms with Crippen LogP contribution < -0.4 is 15.8 Å². The van der Waals surface area contributed by atoms with Crippen LogP contribution in [0.15, 0.2) is 78.9 Å². The van der Waals surface area contributed by atoms with Gasteiger partial charge in [-0.3, -0.25) is 14.5 Å². The van der Waals surface area contributed by atoms with Crippen molar-refractivity contribution in [1.82, 2.24) is 20.1 Å². The maximum atomic E-state index is 14.5. The van der Waals surface area contributed by atoms with Crippen molar-refractivity contribution in [3.05, 3.63) is 95.6 Å². The van der Waals surface area contributed by atoms with Gasteiger partial charge < -0.3 is 20.7 Å². The number of benzene rings is 3. The molecule has 6 rings (SSSR count). The van der Waals surface area contributed by atoms with Gasteiger partial charge in [-0.05, 0) is 76.0 Å². The molecule has 8 nitrogen and oxygen atoms in total. The Hall–Kier alpha value is -4.27. The summed E-state index contributed by atoms with van der Waals surface area (Å²) in [4.78, 5) is 36.3. The monoisotopic (exact) mass is 619 g/mol. The summed E-state index contributed by atoms with van der Waals surface area (Å²) in [6.07, 6.45) is 6.98. The number of nitrogens with two attached hydrogens (primary N) is 1. The van der Waals surface area contributed by atoms with E-state index in [4.69, 9.17) is 15.5 Å². The van der Waals surface area contributed by atoms with Gasteiger partial charge in [-0.25, -0.2) is 4.98 Å². The van der Waals surface area contributed by atoms with Gasteiger partial charge in [0.25, 0.3) is 11.8 Å². The summed E-state index contributed by atoms with van der Waals surface area (Å²) in [5.41, 5.74) is 10.4. The summed E-state index contributed by atoms with van der Waals surface area (Å²) in [5.74, 6) is -0.194. The lowest BCUT2D eigenvalue weighted by Crippen LogP contribution is -2.46. The van der Waals surface area contributed by atoms with Crippen molar-refractivity contribution in [1.29, 1.82) is 0 Å². The van der Waals surface area contributed by atoms with Crippen LogP contribution in [0.2, 0.25) is 0 Å². The van der Waals surface area contributed by atoms with Crippen LogP contribution in [-0.4, -0.2) is 65.4 Å². The third-order valence-corrected chi connectivity index (χ3v) is 9.48.